The summed E-state index contributed by atoms with van der Waals surface area (Å²) >= 11 is 0. The molecule has 0 amide bonds. The molecule has 1 aliphatic heterocycles. The highest BCUT2D eigenvalue weighted by Crippen LogP contribution is 2.23. The van der Waals surface area contributed by atoms with Gasteiger partial charge in [0.15, 0.2) is 17.8 Å². The maximum atomic E-state index is 10.9. The molecular weight excluding hydrogens is 216 g/mol. The van der Waals surface area contributed by atoms with E-state index in [1.165, 1.54) is 0 Å². The summed E-state index contributed by atoms with van der Waals surface area (Å²) < 4.78 is 1.70. The fraction of sp³-hybridized carbons (Fsp3) is 0.417. The molecule has 0 bridgehead atoms. The molecule has 17 heavy (non-hydrogen) atoms. The maximum absolute atomic E-state index is 10.9. The van der Waals surface area contributed by atoms with Crippen LogP contribution >= 0.6 is 0 Å². The molecule has 5 heteroatoms. The third-order valence-electron chi connectivity index (χ3n) is 3.24. The lowest BCUT2D eigenvalue weighted by Crippen LogP contribution is -2.27. The quantitative estimate of drug-likeness (QED) is 0.782. The summed E-state index contributed by atoms with van der Waals surface area (Å²) in [5.41, 5.74) is 1.26. The normalized spacial score (nSPS) is 17.4. The van der Waals surface area contributed by atoms with Crippen molar-refractivity contribution in [1.82, 2.24) is 19.9 Å². The molecule has 0 saturated carbocycles. The van der Waals surface area contributed by atoms with Crippen molar-refractivity contribution in [3.05, 3.63) is 29.7 Å². The Morgan fingerprint density at radius 1 is 1.41 bits per heavy atom. The van der Waals surface area contributed by atoms with Gasteiger partial charge >= 0.3 is 0 Å². The molecule has 88 valence electrons. The van der Waals surface area contributed by atoms with Crippen molar-refractivity contribution in [3.8, 4) is 0 Å². The molecule has 1 N–H and O–H groups in total. The Hall–Kier alpha value is -1.75. The van der Waals surface area contributed by atoms with Crippen LogP contribution in [-0.4, -0.2) is 34.0 Å². The number of piperidine rings is 1. The Bertz CT molecular complexity index is 542. The van der Waals surface area contributed by atoms with E-state index in [-0.39, 0.29) is 0 Å². The second kappa shape index (κ2) is 4.25. The van der Waals surface area contributed by atoms with Crippen LogP contribution in [-0.2, 0) is 0 Å². The van der Waals surface area contributed by atoms with Crippen LogP contribution in [0.3, 0.4) is 0 Å². The largest absolute Gasteiger partial charge is 0.317 e. The zero-order valence-electron chi connectivity index (χ0n) is 9.47. The first-order valence-corrected chi connectivity index (χ1v) is 5.89. The van der Waals surface area contributed by atoms with E-state index in [0.29, 0.717) is 17.1 Å². The lowest BCUT2D eigenvalue weighted by molar-refractivity contribution is 0.112. The fourth-order valence-corrected chi connectivity index (χ4v) is 2.29. The van der Waals surface area contributed by atoms with Crippen molar-refractivity contribution in [1.29, 1.82) is 0 Å². The van der Waals surface area contributed by atoms with Crippen molar-refractivity contribution in [2.24, 2.45) is 0 Å². The van der Waals surface area contributed by atoms with Crippen molar-refractivity contribution in [3.63, 3.8) is 0 Å². The summed E-state index contributed by atoms with van der Waals surface area (Å²) in [6, 6.07) is 3.58. The first-order valence-electron chi connectivity index (χ1n) is 5.89. The summed E-state index contributed by atoms with van der Waals surface area (Å²) in [4.78, 5) is 15.4. The van der Waals surface area contributed by atoms with E-state index in [1.54, 1.807) is 10.6 Å². The van der Waals surface area contributed by atoms with E-state index >= 15 is 0 Å². The maximum Gasteiger partial charge on any atom is 0.166 e. The molecule has 3 rings (SSSR count). The number of carbonyl (C=O) groups is 1. The van der Waals surface area contributed by atoms with Crippen LogP contribution < -0.4 is 5.32 Å². The van der Waals surface area contributed by atoms with Crippen LogP contribution in [0.15, 0.2) is 18.3 Å². The Morgan fingerprint density at radius 3 is 3.00 bits per heavy atom. The van der Waals surface area contributed by atoms with Crippen molar-refractivity contribution in [2.75, 3.05) is 13.1 Å². The van der Waals surface area contributed by atoms with Crippen LogP contribution in [0, 0.1) is 0 Å². The highest BCUT2D eigenvalue weighted by atomic mass is 16.1. The summed E-state index contributed by atoms with van der Waals surface area (Å²) in [5, 5.41) is 7.79. The van der Waals surface area contributed by atoms with Crippen LogP contribution in [0.25, 0.3) is 5.65 Å². The number of hydrogen-bond donors (Lipinski definition) is 1. The monoisotopic (exact) mass is 230 g/mol. The SMILES string of the molecule is O=Cc1cccn2nc(C3CCNCC3)nc12. The number of aromatic nitrogens is 3. The van der Waals surface area contributed by atoms with Gasteiger partial charge in [-0.25, -0.2) is 9.50 Å². The zero-order valence-corrected chi connectivity index (χ0v) is 9.47. The molecule has 3 heterocycles. The van der Waals surface area contributed by atoms with Gasteiger partial charge in [0.2, 0.25) is 0 Å². The molecule has 1 saturated heterocycles. The second-order valence-electron chi connectivity index (χ2n) is 4.34. The van der Waals surface area contributed by atoms with E-state index in [4.69, 9.17) is 0 Å². The van der Waals surface area contributed by atoms with Crippen molar-refractivity contribution < 1.29 is 4.79 Å². The Morgan fingerprint density at radius 2 is 2.24 bits per heavy atom. The smallest absolute Gasteiger partial charge is 0.166 e. The Labute approximate surface area is 98.9 Å². The second-order valence-corrected chi connectivity index (χ2v) is 4.34. The fourth-order valence-electron chi connectivity index (χ4n) is 2.29. The molecule has 0 radical (unpaired) electrons. The van der Waals surface area contributed by atoms with Crippen LogP contribution in [0.5, 0.6) is 0 Å². The number of nitrogens with zero attached hydrogens (tertiary/aromatic N) is 3. The van der Waals surface area contributed by atoms with Gasteiger partial charge in [0.1, 0.15) is 0 Å². The average molecular weight is 230 g/mol. The minimum absolute atomic E-state index is 0.413. The lowest BCUT2D eigenvalue weighted by Gasteiger charge is -2.19. The number of nitrogens with one attached hydrogen (secondary N) is 1. The standard InChI is InChI=1S/C12H14N4O/c17-8-10-2-1-7-16-12(10)14-11(15-16)9-3-5-13-6-4-9/h1-2,7-9,13H,3-6H2. The Kier molecular flexibility index (Phi) is 2.60. The number of aldehydes is 1. The molecule has 2 aromatic heterocycles. The third kappa shape index (κ3) is 1.82. The molecule has 0 atom stereocenters. The first-order chi connectivity index (χ1) is 8.38. The molecular formula is C12H14N4O. The van der Waals surface area contributed by atoms with Crippen molar-refractivity contribution >= 4 is 11.9 Å². The van der Waals surface area contributed by atoms with E-state index in [1.807, 2.05) is 12.3 Å². The van der Waals surface area contributed by atoms with Gasteiger partial charge < -0.3 is 5.32 Å². The van der Waals surface area contributed by atoms with Gasteiger partial charge in [0.05, 0.1) is 5.56 Å². The van der Waals surface area contributed by atoms with Crippen molar-refractivity contribution in [2.45, 2.75) is 18.8 Å². The molecule has 0 unspecified atom stereocenters. The van der Waals surface area contributed by atoms with Gasteiger partial charge in [-0.1, -0.05) is 0 Å². The van der Waals surface area contributed by atoms with E-state index in [2.05, 4.69) is 15.4 Å². The van der Waals surface area contributed by atoms with E-state index in [9.17, 15) is 4.79 Å². The van der Waals surface area contributed by atoms with Gasteiger partial charge in [-0.15, -0.1) is 0 Å². The van der Waals surface area contributed by atoms with Crippen LogP contribution in [0.2, 0.25) is 0 Å². The predicted octanol–water partition coefficient (Wildman–Crippen LogP) is 1.01. The lowest BCUT2D eigenvalue weighted by atomic mass is 9.98. The summed E-state index contributed by atoms with van der Waals surface area (Å²) in [7, 11) is 0. The number of rotatable bonds is 2. The van der Waals surface area contributed by atoms with Gasteiger partial charge in [-0.3, -0.25) is 4.79 Å². The minimum Gasteiger partial charge on any atom is -0.317 e. The van der Waals surface area contributed by atoms with Gasteiger partial charge in [0.25, 0.3) is 0 Å². The average Bonchev–Trinajstić information content (AvgIpc) is 2.83. The summed E-state index contributed by atoms with van der Waals surface area (Å²) in [5.74, 6) is 1.27. The van der Waals surface area contributed by atoms with E-state index in [0.717, 1.165) is 38.0 Å². The summed E-state index contributed by atoms with van der Waals surface area (Å²) in [6.07, 6.45) is 4.79. The van der Waals surface area contributed by atoms with Crippen LogP contribution in [0.4, 0.5) is 0 Å². The highest BCUT2D eigenvalue weighted by molar-refractivity contribution is 5.83. The topological polar surface area (TPSA) is 59.3 Å². The molecule has 5 nitrogen and oxygen atoms in total. The highest BCUT2D eigenvalue weighted by Gasteiger charge is 2.20. The number of carbonyl (C=O) groups excluding carboxylic acids is 1. The first kappa shape index (κ1) is 10.4. The molecule has 1 fully saturated rings. The summed E-state index contributed by atoms with van der Waals surface area (Å²) in [6.45, 7) is 2.03. The van der Waals surface area contributed by atoms with Gasteiger partial charge in [-0.05, 0) is 38.1 Å². The zero-order chi connectivity index (χ0) is 11.7. The third-order valence-corrected chi connectivity index (χ3v) is 3.24. The van der Waals surface area contributed by atoms with Gasteiger partial charge in [0, 0.05) is 12.1 Å². The predicted molar refractivity (Wildman–Crippen MR) is 63.2 cm³/mol. The van der Waals surface area contributed by atoms with E-state index < -0.39 is 0 Å². The minimum atomic E-state index is 0.413. The molecule has 2 aromatic rings. The number of fused-ring (bicyclic) bond motifs is 1. The van der Waals surface area contributed by atoms with Crippen LogP contribution in [0.1, 0.15) is 34.9 Å². The Balaban J connectivity index is 2.03. The molecule has 0 spiro atoms. The van der Waals surface area contributed by atoms with Gasteiger partial charge in [-0.2, -0.15) is 5.10 Å². The molecule has 1 aliphatic rings. The molecule has 0 aromatic carbocycles. The molecule has 0 aliphatic carbocycles. The number of hydrogen-bond acceptors (Lipinski definition) is 4. The number of pyridine rings is 1.